The molecule has 1 N–H and O–H groups in total. The molecule has 0 radical (unpaired) electrons. The summed E-state index contributed by atoms with van der Waals surface area (Å²) in [7, 11) is 0. The minimum Gasteiger partial charge on any atom is -0.337 e. The molecule has 1 atom stereocenters. The zero-order valence-corrected chi connectivity index (χ0v) is 17.6. The van der Waals surface area contributed by atoms with Gasteiger partial charge in [-0.05, 0) is 43.4 Å². The normalized spacial score (nSPS) is 17.1. The predicted octanol–water partition coefficient (Wildman–Crippen LogP) is 4.82. The molecule has 2 aromatic rings. The van der Waals surface area contributed by atoms with Crippen LogP contribution < -0.4 is 5.32 Å². The van der Waals surface area contributed by atoms with Crippen molar-refractivity contribution in [3.05, 3.63) is 42.2 Å². The molecule has 0 saturated heterocycles. The maximum atomic E-state index is 12.7. The molecule has 1 saturated carbocycles. The average molecular weight is 397 g/mol. The van der Waals surface area contributed by atoms with Crippen LogP contribution in [0.25, 0.3) is 5.69 Å². The Balaban J connectivity index is 1.69. The average Bonchev–Trinajstić information content (AvgIpc) is 3.16. The van der Waals surface area contributed by atoms with Crippen molar-refractivity contribution < 1.29 is 4.79 Å². The largest absolute Gasteiger partial charge is 0.337 e. The molecule has 0 unspecified atom stereocenters. The van der Waals surface area contributed by atoms with Crippen LogP contribution >= 0.6 is 11.8 Å². The van der Waals surface area contributed by atoms with Gasteiger partial charge in [-0.15, -0.1) is 0 Å². The van der Waals surface area contributed by atoms with Gasteiger partial charge in [-0.1, -0.05) is 57.0 Å². The first-order chi connectivity index (χ1) is 13.4. The Hall–Kier alpha value is -2.26. The Morgan fingerprint density at radius 1 is 1.21 bits per heavy atom. The van der Waals surface area contributed by atoms with E-state index in [1.165, 1.54) is 17.3 Å². The van der Waals surface area contributed by atoms with Gasteiger partial charge >= 0.3 is 0 Å². The Morgan fingerprint density at radius 2 is 1.89 bits per heavy atom. The topological polar surface area (TPSA) is 70.7 Å². The molecule has 1 aromatic heterocycles. The van der Waals surface area contributed by atoms with Gasteiger partial charge in [-0.3, -0.25) is 9.36 Å². The molecule has 1 heterocycles. The fraction of sp³-hybridized carbons (Fsp3) is 0.500. The van der Waals surface area contributed by atoms with Crippen molar-refractivity contribution >= 4 is 17.7 Å². The first-order valence-corrected chi connectivity index (χ1v) is 10.9. The van der Waals surface area contributed by atoms with Crippen LogP contribution in [0.3, 0.4) is 0 Å². The van der Waals surface area contributed by atoms with Gasteiger partial charge in [0.25, 0.3) is 0 Å². The van der Waals surface area contributed by atoms with E-state index in [0.717, 1.165) is 42.9 Å². The SMILES string of the molecule is CC(C)c1ccc(-n2ccnc2S[C@@H](C)C(=O)NC2(C#N)CCCCC2)cc1. The van der Waals surface area contributed by atoms with E-state index in [1.54, 1.807) is 6.20 Å². The van der Waals surface area contributed by atoms with Crippen molar-refractivity contribution in [1.82, 2.24) is 14.9 Å². The van der Waals surface area contributed by atoms with E-state index in [0.29, 0.717) is 5.92 Å². The molecular formula is C22H28N4OS. The molecule has 5 nitrogen and oxygen atoms in total. The number of nitrogens with one attached hydrogen (secondary N) is 1. The second kappa shape index (κ2) is 8.83. The predicted molar refractivity (Wildman–Crippen MR) is 113 cm³/mol. The quantitative estimate of drug-likeness (QED) is 0.711. The Labute approximate surface area is 171 Å². The van der Waals surface area contributed by atoms with Crippen LogP contribution in [0.4, 0.5) is 0 Å². The fourth-order valence-electron chi connectivity index (χ4n) is 3.56. The van der Waals surface area contributed by atoms with Gasteiger partial charge in [0.1, 0.15) is 5.54 Å². The molecule has 1 amide bonds. The Bertz CT molecular complexity index is 844. The number of benzene rings is 1. The van der Waals surface area contributed by atoms with Gasteiger partial charge in [0.15, 0.2) is 5.16 Å². The Kier molecular flexibility index (Phi) is 6.46. The number of aromatic nitrogens is 2. The van der Waals surface area contributed by atoms with Crippen molar-refractivity contribution in [2.45, 2.75) is 74.7 Å². The molecule has 0 bridgehead atoms. The second-order valence-electron chi connectivity index (χ2n) is 7.83. The number of nitriles is 1. The number of nitrogens with zero attached hydrogens (tertiary/aromatic N) is 3. The Morgan fingerprint density at radius 3 is 2.50 bits per heavy atom. The number of carbonyl (C=O) groups is 1. The smallest absolute Gasteiger partial charge is 0.234 e. The highest BCUT2D eigenvalue weighted by molar-refractivity contribution is 8.00. The number of rotatable bonds is 6. The van der Waals surface area contributed by atoms with Crippen LogP contribution in [-0.4, -0.2) is 26.2 Å². The van der Waals surface area contributed by atoms with Crippen molar-refractivity contribution in [3.8, 4) is 11.8 Å². The molecule has 148 valence electrons. The van der Waals surface area contributed by atoms with E-state index in [9.17, 15) is 10.1 Å². The molecule has 1 aromatic carbocycles. The third kappa shape index (κ3) is 4.59. The van der Waals surface area contributed by atoms with Gasteiger partial charge in [-0.2, -0.15) is 5.26 Å². The molecule has 0 aliphatic heterocycles. The van der Waals surface area contributed by atoms with Crippen LogP contribution in [0.15, 0.2) is 41.8 Å². The lowest BCUT2D eigenvalue weighted by Crippen LogP contribution is -2.50. The fourth-order valence-corrected chi connectivity index (χ4v) is 4.45. The lowest BCUT2D eigenvalue weighted by molar-refractivity contribution is -0.121. The third-order valence-electron chi connectivity index (χ3n) is 5.38. The van der Waals surface area contributed by atoms with Gasteiger partial charge in [0.05, 0.1) is 11.3 Å². The summed E-state index contributed by atoms with van der Waals surface area (Å²) in [4.78, 5) is 17.2. The van der Waals surface area contributed by atoms with E-state index in [-0.39, 0.29) is 11.2 Å². The van der Waals surface area contributed by atoms with Gasteiger partial charge < -0.3 is 5.32 Å². The van der Waals surface area contributed by atoms with E-state index in [1.807, 2.05) is 17.7 Å². The number of thioether (sulfide) groups is 1. The highest BCUT2D eigenvalue weighted by Gasteiger charge is 2.35. The van der Waals surface area contributed by atoms with E-state index in [2.05, 4.69) is 54.5 Å². The van der Waals surface area contributed by atoms with Crippen molar-refractivity contribution in [2.24, 2.45) is 0 Å². The number of amides is 1. The summed E-state index contributed by atoms with van der Waals surface area (Å²) in [6.45, 7) is 6.22. The lowest BCUT2D eigenvalue weighted by atomic mass is 9.83. The molecule has 1 fully saturated rings. The number of carbonyl (C=O) groups excluding carboxylic acids is 1. The summed E-state index contributed by atoms with van der Waals surface area (Å²) in [5, 5.41) is 13.1. The number of hydrogen-bond donors (Lipinski definition) is 1. The molecular weight excluding hydrogens is 368 g/mol. The second-order valence-corrected chi connectivity index (χ2v) is 9.14. The molecule has 1 aliphatic carbocycles. The maximum Gasteiger partial charge on any atom is 0.234 e. The molecule has 28 heavy (non-hydrogen) atoms. The highest BCUT2D eigenvalue weighted by atomic mass is 32.2. The summed E-state index contributed by atoms with van der Waals surface area (Å²) < 4.78 is 2.00. The minimum absolute atomic E-state index is 0.0989. The minimum atomic E-state index is -0.702. The monoisotopic (exact) mass is 396 g/mol. The first-order valence-electron chi connectivity index (χ1n) is 9.98. The van der Waals surface area contributed by atoms with Crippen LogP contribution in [0.2, 0.25) is 0 Å². The summed E-state index contributed by atoms with van der Waals surface area (Å²) in [5.41, 5.74) is 1.62. The van der Waals surface area contributed by atoms with Gasteiger partial charge in [0, 0.05) is 18.1 Å². The summed E-state index contributed by atoms with van der Waals surface area (Å²) in [6.07, 6.45) is 8.26. The maximum absolute atomic E-state index is 12.7. The summed E-state index contributed by atoms with van der Waals surface area (Å²) >= 11 is 1.42. The molecule has 6 heteroatoms. The van der Waals surface area contributed by atoms with E-state index < -0.39 is 5.54 Å². The molecule has 0 spiro atoms. The van der Waals surface area contributed by atoms with E-state index >= 15 is 0 Å². The summed E-state index contributed by atoms with van der Waals surface area (Å²) in [6, 6.07) is 10.8. The number of imidazole rings is 1. The molecule has 1 aliphatic rings. The zero-order chi connectivity index (χ0) is 20.1. The van der Waals surface area contributed by atoms with Crippen molar-refractivity contribution in [1.29, 1.82) is 5.26 Å². The highest BCUT2D eigenvalue weighted by Crippen LogP contribution is 2.30. The van der Waals surface area contributed by atoms with Crippen molar-refractivity contribution in [2.75, 3.05) is 0 Å². The van der Waals surface area contributed by atoms with Crippen molar-refractivity contribution in [3.63, 3.8) is 0 Å². The zero-order valence-electron chi connectivity index (χ0n) is 16.8. The third-order valence-corrected chi connectivity index (χ3v) is 6.46. The lowest BCUT2D eigenvalue weighted by Gasteiger charge is -2.32. The van der Waals surface area contributed by atoms with Gasteiger partial charge in [0.2, 0.25) is 5.91 Å². The van der Waals surface area contributed by atoms with Crippen LogP contribution in [0.5, 0.6) is 0 Å². The van der Waals surface area contributed by atoms with Gasteiger partial charge in [-0.25, -0.2) is 4.98 Å². The van der Waals surface area contributed by atoms with E-state index in [4.69, 9.17) is 0 Å². The molecule has 3 rings (SSSR count). The number of hydrogen-bond acceptors (Lipinski definition) is 4. The van der Waals surface area contributed by atoms with Crippen LogP contribution in [0.1, 0.15) is 64.4 Å². The standard InChI is InChI=1S/C22H28N4OS/c1-16(2)18-7-9-19(10-8-18)26-14-13-24-21(26)28-17(3)20(27)25-22(15-23)11-5-4-6-12-22/h7-10,13-14,16-17H,4-6,11-12H2,1-3H3,(H,25,27)/t17-/m0/s1. The van der Waals surface area contributed by atoms with Crippen LogP contribution in [-0.2, 0) is 4.79 Å². The first kappa shape index (κ1) is 20.5. The van der Waals surface area contributed by atoms with Crippen LogP contribution in [0, 0.1) is 11.3 Å². The summed E-state index contributed by atoms with van der Waals surface area (Å²) in [5.74, 6) is 0.389.